The van der Waals surface area contributed by atoms with Gasteiger partial charge >= 0.3 is 6.18 Å². The van der Waals surface area contributed by atoms with E-state index in [1.807, 2.05) is 6.07 Å². The molecule has 1 aromatic carbocycles. The molecule has 0 aliphatic carbocycles. The molecule has 2 heterocycles. The highest BCUT2D eigenvalue weighted by molar-refractivity contribution is 5.86. The van der Waals surface area contributed by atoms with Crippen molar-refractivity contribution in [2.45, 2.75) is 51.6 Å². The number of hydrogen-bond acceptors (Lipinski definition) is 2. The molecule has 1 aromatic heterocycles. The zero-order valence-corrected chi connectivity index (χ0v) is 14.0. The van der Waals surface area contributed by atoms with Gasteiger partial charge in [0.1, 0.15) is 18.4 Å². The van der Waals surface area contributed by atoms with Crippen molar-refractivity contribution in [2.75, 3.05) is 13.1 Å². The number of fused-ring (bicyclic) bond motifs is 1. The lowest BCUT2D eigenvalue weighted by Gasteiger charge is -2.34. The average molecular weight is 340 g/mol. The molecule has 3 nitrogen and oxygen atoms in total. The van der Waals surface area contributed by atoms with Crippen LogP contribution in [0, 0.1) is 0 Å². The molecule has 6 heteroatoms. The number of piperidine rings is 1. The van der Waals surface area contributed by atoms with Crippen LogP contribution in [0.2, 0.25) is 0 Å². The summed E-state index contributed by atoms with van der Waals surface area (Å²) in [6, 6.07) is 7.54. The van der Waals surface area contributed by atoms with E-state index in [9.17, 15) is 13.2 Å². The van der Waals surface area contributed by atoms with Crippen LogP contribution in [-0.4, -0.2) is 40.9 Å². The van der Waals surface area contributed by atoms with Crippen LogP contribution in [0.3, 0.4) is 0 Å². The SMILES string of the molecule is CC(C)N1CCC(Oc2cccc3c2ccn3CC(F)(F)F)CC1. The van der Waals surface area contributed by atoms with Crippen LogP contribution < -0.4 is 4.74 Å². The first-order chi connectivity index (χ1) is 11.3. The number of halogens is 3. The summed E-state index contributed by atoms with van der Waals surface area (Å²) in [7, 11) is 0. The summed E-state index contributed by atoms with van der Waals surface area (Å²) in [5, 5.41) is 0.744. The van der Waals surface area contributed by atoms with Crippen molar-refractivity contribution < 1.29 is 17.9 Å². The van der Waals surface area contributed by atoms with Crippen molar-refractivity contribution in [1.29, 1.82) is 0 Å². The number of ether oxygens (including phenoxy) is 1. The highest BCUT2D eigenvalue weighted by Crippen LogP contribution is 2.31. The van der Waals surface area contributed by atoms with Gasteiger partial charge in [0.2, 0.25) is 0 Å². The predicted octanol–water partition coefficient (Wildman–Crippen LogP) is 4.46. The molecule has 132 valence electrons. The second-order valence-electron chi connectivity index (χ2n) is 6.69. The van der Waals surface area contributed by atoms with E-state index in [2.05, 4.69) is 18.7 Å². The monoisotopic (exact) mass is 340 g/mol. The Morgan fingerprint density at radius 2 is 1.88 bits per heavy atom. The third-order valence-electron chi connectivity index (χ3n) is 4.62. The maximum absolute atomic E-state index is 12.7. The summed E-state index contributed by atoms with van der Waals surface area (Å²) in [4.78, 5) is 2.42. The molecule has 0 amide bonds. The van der Waals surface area contributed by atoms with E-state index in [1.165, 1.54) is 10.8 Å². The van der Waals surface area contributed by atoms with Crippen molar-refractivity contribution in [3.63, 3.8) is 0 Å². The van der Waals surface area contributed by atoms with Crippen molar-refractivity contribution in [2.24, 2.45) is 0 Å². The molecule has 0 radical (unpaired) electrons. The van der Waals surface area contributed by atoms with E-state index >= 15 is 0 Å². The topological polar surface area (TPSA) is 17.4 Å². The van der Waals surface area contributed by atoms with E-state index in [0.717, 1.165) is 31.3 Å². The Labute approximate surface area is 140 Å². The molecular weight excluding hydrogens is 317 g/mol. The molecule has 0 bridgehead atoms. The van der Waals surface area contributed by atoms with Crippen LogP contribution in [-0.2, 0) is 6.54 Å². The Kier molecular flexibility index (Phi) is 4.76. The van der Waals surface area contributed by atoms with Crippen LogP contribution in [0.4, 0.5) is 13.2 Å². The van der Waals surface area contributed by atoms with Crippen LogP contribution in [0.25, 0.3) is 10.9 Å². The van der Waals surface area contributed by atoms with Gasteiger partial charge in [-0.25, -0.2) is 0 Å². The maximum Gasteiger partial charge on any atom is 0.406 e. The molecule has 1 fully saturated rings. The lowest BCUT2D eigenvalue weighted by molar-refractivity contribution is -0.139. The van der Waals surface area contributed by atoms with Gasteiger partial charge in [0.25, 0.3) is 0 Å². The predicted molar refractivity (Wildman–Crippen MR) is 88.4 cm³/mol. The first kappa shape index (κ1) is 17.1. The van der Waals surface area contributed by atoms with Crippen LogP contribution >= 0.6 is 0 Å². The molecular formula is C18H23F3N2O. The van der Waals surface area contributed by atoms with Crippen molar-refractivity contribution in [3.8, 4) is 5.75 Å². The van der Waals surface area contributed by atoms with Crippen molar-refractivity contribution in [1.82, 2.24) is 9.47 Å². The van der Waals surface area contributed by atoms with E-state index in [0.29, 0.717) is 17.3 Å². The minimum Gasteiger partial charge on any atom is -0.490 e. The number of likely N-dealkylation sites (tertiary alicyclic amines) is 1. The number of aromatic nitrogens is 1. The van der Waals surface area contributed by atoms with Gasteiger partial charge in [-0.2, -0.15) is 13.2 Å². The number of benzene rings is 1. The fraction of sp³-hybridized carbons (Fsp3) is 0.556. The molecule has 2 aromatic rings. The van der Waals surface area contributed by atoms with Crippen molar-refractivity contribution in [3.05, 3.63) is 30.5 Å². The van der Waals surface area contributed by atoms with E-state index in [-0.39, 0.29) is 6.10 Å². The molecule has 1 aliphatic rings. The van der Waals surface area contributed by atoms with E-state index < -0.39 is 12.7 Å². The molecule has 3 rings (SSSR count). The smallest absolute Gasteiger partial charge is 0.406 e. The third kappa shape index (κ3) is 3.86. The Bertz CT molecular complexity index is 685. The summed E-state index contributed by atoms with van der Waals surface area (Å²) >= 11 is 0. The summed E-state index contributed by atoms with van der Waals surface area (Å²) in [6.07, 6.45) is -0.745. The Morgan fingerprint density at radius 1 is 1.17 bits per heavy atom. The Morgan fingerprint density at radius 3 is 2.50 bits per heavy atom. The molecule has 24 heavy (non-hydrogen) atoms. The number of nitrogens with zero attached hydrogens (tertiary/aromatic N) is 2. The van der Waals surface area contributed by atoms with E-state index in [1.54, 1.807) is 18.2 Å². The van der Waals surface area contributed by atoms with Gasteiger partial charge in [-0.3, -0.25) is 0 Å². The standard InChI is InChI=1S/C18H23F3N2O/c1-13(2)22-9-6-14(7-10-22)24-17-5-3-4-16-15(17)8-11-23(16)12-18(19,20)21/h3-5,8,11,13-14H,6-7,9-10,12H2,1-2H3. The highest BCUT2D eigenvalue weighted by Gasteiger charge is 2.28. The minimum absolute atomic E-state index is 0.122. The normalized spacial score (nSPS) is 17.8. The minimum atomic E-state index is -4.23. The van der Waals surface area contributed by atoms with E-state index in [4.69, 9.17) is 4.74 Å². The number of rotatable bonds is 4. The molecule has 0 N–H and O–H groups in total. The number of hydrogen-bond donors (Lipinski definition) is 0. The molecule has 0 atom stereocenters. The Hall–Kier alpha value is -1.69. The molecule has 0 unspecified atom stereocenters. The molecule has 1 saturated heterocycles. The highest BCUT2D eigenvalue weighted by atomic mass is 19.4. The second kappa shape index (κ2) is 6.67. The van der Waals surface area contributed by atoms with Gasteiger partial charge in [-0.05, 0) is 44.9 Å². The van der Waals surface area contributed by atoms with Crippen LogP contribution in [0.15, 0.2) is 30.5 Å². The van der Waals surface area contributed by atoms with Gasteiger partial charge in [0.15, 0.2) is 0 Å². The average Bonchev–Trinajstić information content (AvgIpc) is 2.90. The zero-order chi connectivity index (χ0) is 17.3. The van der Waals surface area contributed by atoms with Gasteiger partial charge in [0.05, 0.1) is 5.52 Å². The summed E-state index contributed by atoms with van der Waals surface area (Å²) < 4.78 is 45.3. The third-order valence-corrected chi connectivity index (χ3v) is 4.62. The fourth-order valence-electron chi connectivity index (χ4n) is 3.32. The summed E-state index contributed by atoms with van der Waals surface area (Å²) in [5.41, 5.74) is 0.560. The lowest BCUT2D eigenvalue weighted by Crippen LogP contribution is -2.41. The molecule has 0 spiro atoms. The summed E-state index contributed by atoms with van der Waals surface area (Å²) in [5.74, 6) is 0.677. The number of alkyl halides is 3. The first-order valence-corrected chi connectivity index (χ1v) is 8.39. The molecule has 1 aliphatic heterocycles. The second-order valence-corrected chi connectivity index (χ2v) is 6.69. The van der Waals surface area contributed by atoms with Crippen molar-refractivity contribution >= 4 is 10.9 Å². The Balaban J connectivity index is 1.74. The summed E-state index contributed by atoms with van der Waals surface area (Å²) in [6.45, 7) is 5.38. The van der Waals surface area contributed by atoms with Gasteiger partial charge < -0.3 is 14.2 Å². The lowest BCUT2D eigenvalue weighted by atomic mass is 10.1. The maximum atomic E-state index is 12.7. The zero-order valence-electron chi connectivity index (χ0n) is 14.0. The quantitative estimate of drug-likeness (QED) is 0.818. The van der Waals surface area contributed by atoms with Crippen LogP contribution in [0.1, 0.15) is 26.7 Å². The largest absolute Gasteiger partial charge is 0.490 e. The fourth-order valence-corrected chi connectivity index (χ4v) is 3.32. The van der Waals surface area contributed by atoms with Gasteiger partial charge in [-0.1, -0.05) is 6.07 Å². The van der Waals surface area contributed by atoms with Crippen LogP contribution in [0.5, 0.6) is 5.75 Å². The molecule has 0 saturated carbocycles. The van der Waals surface area contributed by atoms with Gasteiger partial charge in [-0.15, -0.1) is 0 Å². The van der Waals surface area contributed by atoms with Gasteiger partial charge in [0, 0.05) is 30.7 Å². The first-order valence-electron chi connectivity index (χ1n) is 8.39.